The minimum absolute atomic E-state index is 0. The smallest absolute Gasteiger partial charge is 0.407 e. The second-order valence-electron chi connectivity index (χ2n) is 4.11. The third-order valence-electron chi connectivity index (χ3n) is 2.70. The Morgan fingerprint density at radius 2 is 1.21 bits per heavy atom. The molecule has 0 aliphatic rings. The van der Waals surface area contributed by atoms with Crippen LogP contribution in [-0.2, 0) is 34.2 Å². The van der Waals surface area contributed by atoms with Crippen molar-refractivity contribution < 1.29 is 31.0 Å². The van der Waals surface area contributed by atoms with Crippen LogP contribution >= 0.6 is 0 Å². The summed E-state index contributed by atoms with van der Waals surface area (Å²) in [5.74, 6) is 0. The van der Waals surface area contributed by atoms with Gasteiger partial charge in [-0.1, -0.05) is 60.7 Å². The molecular formula is C15H15MoNO2. The zero-order chi connectivity index (χ0) is 12.8. The summed E-state index contributed by atoms with van der Waals surface area (Å²) in [5.41, 5.74) is 1.99. The van der Waals surface area contributed by atoms with Gasteiger partial charge in [-0.05, 0) is 11.1 Å². The molecule has 2 aromatic carbocycles. The van der Waals surface area contributed by atoms with E-state index >= 15 is 0 Å². The van der Waals surface area contributed by atoms with Crippen molar-refractivity contribution in [2.75, 3.05) is 0 Å². The Morgan fingerprint density at radius 1 is 0.842 bits per heavy atom. The van der Waals surface area contributed by atoms with E-state index in [0.29, 0.717) is 13.1 Å². The summed E-state index contributed by atoms with van der Waals surface area (Å²) in [7, 11) is 0. The maximum absolute atomic E-state index is 11.2. The molecule has 0 radical (unpaired) electrons. The molecule has 4 heteroatoms. The molecule has 1 amide bonds. The van der Waals surface area contributed by atoms with Gasteiger partial charge in [0.05, 0.1) is 0 Å². The summed E-state index contributed by atoms with van der Waals surface area (Å²) in [6, 6.07) is 19.2. The van der Waals surface area contributed by atoms with E-state index in [4.69, 9.17) is 0 Å². The molecule has 1 N–H and O–H groups in total. The van der Waals surface area contributed by atoms with Crippen molar-refractivity contribution in [1.29, 1.82) is 0 Å². The average molecular weight is 337 g/mol. The Labute approximate surface area is 127 Å². The summed E-state index contributed by atoms with van der Waals surface area (Å²) in [6.07, 6.45) is -0.900. The van der Waals surface area contributed by atoms with E-state index in [1.807, 2.05) is 60.7 Å². The van der Waals surface area contributed by atoms with Gasteiger partial charge in [0, 0.05) is 34.2 Å². The Bertz CT molecular complexity index is 461. The molecule has 2 rings (SSSR count). The summed E-state index contributed by atoms with van der Waals surface area (Å²) < 4.78 is 0. The molecule has 19 heavy (non-hydrogen) atoms. The molecule has 0 saturated heterocycles. The van der Waals surface area contributed by atoms with E-state index in [2.05, 4.69) is 0 Å². The van der Waals surface area contributed by atoms with Crippen LogP contribution in [0, 0.1) is 0 Å². The SMILES string of the molecule is O=C(O)N(Cc1ccccc1)Cc1ccccc1.[Mo]. The number of hydrogen-bond acceptors (Lipinski definition) is 1. The topological polar surface area (TPSA) is 40.5 Å². The number of amides is 1. The maximum atomic E-state index is 11.2. The van der Waals surface area contributed by atoms with Crippen LogP contribution in [0.15, 0.2) is 60.7 Å². The molecule has 0 spiro atoms. The minimum atomic E-state index is -0.900. The predicted molar refractivity (Wildman–Crippen MR) is 70.2 cm³/mol. The van der Waals surface area contributed by atoms with Crippen LogP contribution in [-0.4, -0.2) is 16.1 Å². The second kappa shape index (κ2) is 7.75. The van der Waals surface area contributed by atoms with Crippen molar-refractivity contribution in [2.45, 2.75) is 13.1 Å². The first-order valence-corrected chi connectivity index (χ1v) is 5.81. The molecule has 0 heterocycles. The zero-order valence-corrected chi connectivity index (χ0v) is 12.4. The number of nitrogens with zero attached hydrogens (tertiary/aromatic N) is 1. The fourth-order valence-corrected chi connectivity index (χ4v) is 1.80. The summed E-state index contributed by atoms with van der Waals surface area (Å²) in [4.78, 5) is 12.6. The number of rotatable bonds is 4. The third kappa shape index (κ3) is 4.88. The Kier molecular flexibility index (Phi) is 6.30. The van der Waals surface area contributed by atoms with Gasteiger partial charge in [0.2, 0.25) is 0 Å². The van der Waals surface area contributed by atoms with Crippen LogP contribution in [0.25, 0.3) is 0 Å². The van der Waals surface area contributed by atoms with Crippen LogP contribution in [0.2, 0.25) is 0 Å². The molecule has 0 aliphatic heterocycles. The van der Waals surface area contributed by atoms with Gasteiger partial charge in [0.15, 0.2) is 0 Å². The van der Waals surface area contributed by atoms with E-state index in [9.17, 15) is 9.90 Å². The van der Waals surface area contributed by atoms with Crippen molar-refractivity contribution in [3.05, 3.63) is 71.8 Å². The van der Waals surface area contributed by atoms with Crippen molar-refractivity contribution in [3.8, 4) is 0 Å². The molecule has 0 saturated carbocycles. The molecule has 0 fully saturated rings. The minimum Gasteiger partial charge on any atom is -0.465 e. The van der Waals surface area contributed by atoms with Crippen molar-refractivity contribution in [3.63, 3.8) is 0 Å². The Balaban J connectivity index is 0.00000180. The van der Waals surface area contributed by atoms with Gasteiger partial charge in [0.25, 0.3) is 0 Å². The van der Waals surface area contributed by atoms with E-state index in [1.54, 1.807) is 0 Å². The van der Waals surface area contributed by atoms with Crippen LogP contribution < -0.4 is 0 Å². The van der Waals surface area contributed by atoms with Gasteiger partial charge in [-0.2, -0.15) is 0 Å². The number of benzene rings is 2. The number of carbonyl (C=O) groups is 1. The summed E-state index contributed by atoms with van der Waals surface area (Å²) in [5, 5.41) is 9.22. The molecule has 98 valence electrons. The molecule has 3 nitrogen and oxygen atoms in total. The standard InChI is InChI=1S/C15H15NO2.Mo/c17-15(18)16(11-13-7-3-1-4-8-13)12-14-9-5-2-6-10-14;/h1-10H,11-12H2,(H,17,18);. The van der Waals surface area contributed by atoms with Crippen LogP contribution in [0.1, 0.15) is 11.1 Å². The van der Waals surface area contributed by atoms with Crippen LogP contribution in [0.3, 0.4) is 0 Å². The first-order chi connectivity index (χ1) is 8.75. The average Bonchev–Trinajstić information content (AvgIpc) is 2.40. The van der Waals surface area contributed by atoms with Gasteiger partial charge >= 0.3 is 6.09 Å². The quantitative estimate of drug-likeness (QED) is 0.869. The monoisotopic (exact) mass is 339 g/mol. The fraction of sp³-hybridized carbons (Fsp3) is 0.133. The zero-order valence-electron chi connectivity index (χ0n) is 10.4. The fourth-order valence-electron chi connectivity index (χ4n) is 1.80. The summed E-state index contributed by atoms with van der Waals surface area (Å²) in [6.45, 7) is 0.816. The molecule has 0 aromatic heterocycles. The molecule has 0 bridgehead atoms. The van der Waals surface area contributed by atoms with Crippen molar-refractivity contribution in [2.24, 2.45) is 0 Å². The Morgan fingerprint density at radius 3 is 1.53 bits per heavy atom. The number of hydrogen-bond donors (Lipinski definition) is 1. The second-order valence-corrected chi connectivity index (χ2v) is 4.11. The van der Waals surface area contributed by atoms with E-state index in [0.717, 1.165) is 11.1 Å². The van der Waals surface area contributed by atoms with Gasteiger partial charge in [0.1, 0.15) is 0 Å². The predicted octanol–water partition coefficient (Wildman–Crippen LogP) is 3.36. The molecule has 0 atom stereocenters. The van der Waals surface area contributed by atoms with Crippen molar-refractivity contribution in [1.82, 2.24) is 4.90 Å². The number of carboxylic acid groups (broad SMARTS) is 1. The van der Waals surface area contributed by atoms with Gasteiger partial charge in [-0.15, -0.1) is 0 Å². The van der Waals surface area contributed by atoms with Crippen molar-refractivity contribution >= 4 is 6.09 Å². The maximum Gasteiger partial charge on any atom is 0.407 e. The van der Waals surface area contributed by atoms with E-state index in [-0.39, 0.29) is 21.1 Å². The van der Waals surface area contributed by atoms with Gasteiger partial charge in [-0.25, -0.2) is 4.79 Å². The first-order valence-electron chi connectivity index (χ1n) is 5.81. The largest absolute Gasteiger partial charge is 0.465 e. The van der Waals surface area contributed by atoms with Crippen LogP contribution in [0.4, 0.5) is 4.79 Å². The van der Waals surface area contributed by atoms with E-state index in [1.165, 1.54) is 4.90 Å². The molecule has 0 aliphatic carbocycles. The molecule has 0 unspecified atom stereocenters. The van der Waals surface area contributed by atoms with Gasteiger partial charge in [-0.3, -0.25) is 4.90 Å². The van der Waals surface area contributed by atoms with E-state index < -0.39 is 6.09 Å². The normalized spacial score (nSPS) is 9.47. The summed E-state index contributed by atoms with van der Waals surface area (Å²) >= 11 is 0. The first kappa shape index (κ1) is 15.5. The molecule has 2 aromatic rings. The van der Waals surface area contributed by atoms with Gasteiger partial charge < -0.3 is 5.11 Å². The molecular weight excluding hydrogens is 322 g/mol. The third-order valence-corrected chi connectivity index (χ3v) is 2.70. The Hall–Kier alpha value is -1.60. The van der Waals surface area contributed by atoms with Crippen LogP contribution in [0.5, 0.6) is 0 Å².